The summed E-state index contributed by atoms with van der Waals surface area (Å²) < 4.78 is 16.0. The molecule has 2 heterocycles. The van der Waals surface area contributed by atoms with Gasteiger partial charge in [-0.05, 0) is 18.2 Å². The van der Waals surface area contributed by atoms with E-state index < -0.39 is 0 Å². The number of carbonyl (C=O) groups is 1. The third-order valence-corrected chi connectivity index (χ3v) is 3.31. The number of carbonyl (C=O) groups excluding carboxylic acids is 1. The van der Waals surface area contributed by atoms with Gasteiger partial charge in [0.2, 0.25) is 0 Å². The monoisotopic (exact) mass is 303 g/mol. The van der Waals surface area contributed by atoms with E-state index in [1.807, 2.05) is 18.2 Å². The van der Waals surface area contributed by atoms with Crippen molar-refractivity contribution in [3.63, 3.8) is 0 Å². The predicted octanol–water partition coefficient (Wildman–Crippen LogP) is 1.22. The summed E-state index contributed by atoms with van der Waals surface area (Å²) in [6.07, 6.45) is 1.51. The van der Waals surface area contributed by atoms with Crippen LogP contribution in [-0.4, -0.2) is 49.6 Å². The zero-order valence-corrected chi connectivity index (χ0v) is 12.2. The van der Waals surface area contributed by atoms with Crippen molar-refractivity contribution in [2.75, 3.05) is 33.5 Å². The minimum absolute atomic E-state index is 0.198. The molecule has 0 atom stereocenters. The Morgan fingerprint density at radius 1 is 1.36 bits per heavy atom. The minimum Gasteiger partial charge on any atom is -0.486 e. The lowest BCUT2D eigenvalue weighted by atomic mass is 10.1. The van der Waals surface area contributed by atoms with Gasteiger partial charge < -0.3 is 19.5 Å². The fourth-order valence-corrected chi connectivity index (χ4v) is 2.24. The second kappa shape index (κ2) is 6.48. The molecule has 1 aliphatic heterocycles. The first-order valence-corrected chi connectivity index (χ1v) is 7.00. The van der Waals surface area contributed by atoms with Gasteiger partial charge in [0.1, 0.15) is 13.2 Å². The minimum atomic E-state index is -0.198. The standard InChI is InChI=1S/C15H17N3O4/c1-20-5-4-16-15(19)11-9-17-18-14(11)10-2-3-12-13(8-10)22-7-6-21-12/h2-3,8-9H,4-7H2,1H3,(H,16,19)(H,17,18). The van der Waals surface area contributed by atoms with Gasteiger partial charge in [0, 0.05) is 19.2 Å². The number of benzene rings is 1. The average Bonchev–Trinajstić information content (AvgIpc) is 3.04. The largest absolute Gasteiger partial charge is 0.486 e. The molecule has 2 N–H and O–H groups in total. The van der Waals surface area contributed by atoms with Crippen LogP contribution < -0.4 is 14.8 Å². The number of amides is 1. The van der Waals surface area contributed by atoms with Crippen LogP contribution in [-0.2, 0) is 4.74 Å². The van der Waals surface area contributed by atoms with Crippen molar-refractivity contribution >= 4 is 5.91 Å². The van der Waals surface area contributed by atoms with Gasteiger partial charge in [0.05, 0.1) is 24.1 Å². The van der Waals surface area contributed by atoms with Gasteiger partial charge in [-0.15, -0.1) is 0 Å². The van der Waals surface area contributed by atoms with Gasteiger partial charge in [-0.3, -0.25) is 9.89 Å². The third kappa shape index (κ3) is 2.89. The predicted molar refractivity (Wildman–Crippen MR) is 79.2 cm³/mol. The molecule has 0 unspecified atom stereocenters. The van der Waals surface area contributed by atoms with E-state index in [1.165, 1.54) is 6.20 Å². The summed E-state index contributed by atoms with van der Waals surface area (Å²) in [4.78, 5) is 12.2. The van der Waals surface area contributed by atoms with E-state index in [-0.39, 0.29) is 5.91 Å². The molecule has 0 spiro atoms. The Morgan fingerprint density at radius 3 is 3.00 bits per heavy atom. The fourth-order valence-electron chi connectivity index (χ4n) is 2.24. The van der Waals surface area contributed by atoms with Crippen LogP contribution in [0.4, 0.5) is 0 Å². The van der Waals surface area contributed by atoms with Crippen LogP contribution >= 0.6 is 0 Å². The zero-order chi connectivity index (χ0) is 15.4. The molecule has 0 bridgehead atoms. The topological polar surface area (TPSA) is 85.5 Å². The Morgan fingerprint density at radius 2 is 2.18 bits per heavy atom. The third-order valence-electron chi connectivity index (χ3n) is 3.31. The molecular weight excluding hydrogens is 286 g/mol. The molecule has 0 fully saturated rings. The quantitative estimate of drug-likeness (QED) is 0.811. The van der Waals surface area contributed by atoms with E-state index in [0.29, 0.717) is 49.1 Å². The molecule has 7 heteroatoms. The Balaban J connectivity index is 1.83. The van der Waals surface area contributed by atoms with Crippen molar-refractivity contribution in [2.24, 2.45) is 0 Å². The zero-order valence-electron chi connectivity index (χ0n) is 12.2. The summed E-state index contributed by atoms with van der Waals surface area (Å²) >= 11 is 0. The van der Waals surface area contributed by atoms with Crippen molar-refractivity contribution in [3.8, 4) is 22.8 Å². The molecule has 0 radical (unpaired) electrons. The van der Waals surface area contributed by atoms with E-state index in [4.69, 9.17) is 14.2 Å². The average molecular weight is 303 g/mol. The van der Waals surface area contributed by atoms with Crippen LogP contribution in [0.3, 0.4) is 0 Å². The molecule has 7 nitrogen and oxygen atoms in total. The second-order valence-electron chi connectivity index (χ2n) is 4.77. The van der Waals surface area contributed by atoms with Gasteiger partial charge in [-0.25, -0.2) is 0 Å². The highest BCUT2D eigenvalue weighted by Crippen LogP contribution is 2.34. The van der Waals surface area contributed by atoms with E-state index in [0.717, 1.165) is 5.56 Å². The van der Waals surface area contributed by atoms with Crippen molar-refractivity contribution in [1.29, 1.82) is 0 Å². The van der Waals surface area contributed by atoms with E-state index >= 15 is 0 Å². The van der Waals surface area contributed by atoms with Crippen molar-refractivity contribution < 1.29 is 19.0 Å². The molecule has 1 aromatic carbocycles. The van der Waals surface area contributed by atoms with Crippen LogP contribution in [0, 0.1) is 0 Å². The highest BCUT2D eigenvalue weighted by Gasteiger charge is 2.18. The molecule has 1 amide bonds. The number of nitrogens with one attached hydrogen (secondary N) is 2. The molecule has 22 heavy (non-hydrogen) atoms. The highest BCUT2D eigenvalue weighted by atomic mass is 16.6. The fraction of sp³-hybridized carbons (Fsp3) is 0.333. The van der Waals surface area contributed by atoms with Gasteiger partial charge in [-0.1, -0.05) is 0 Å². The normalized spacial score (nSPS) is 13.0. The smallest absolute Gasteiger partial charge is 0.255 e. The number of H-pyrrole nitrogens is 1. The number of fused-ring (bicyclic) bond motifs is 1. The van der Waals surface area contributed by atoms with Crippen molar-refractivity contribution in [2.45, 2.75) is 0 Å². The maximum atomic E-state index is 12.2. The lowest BCUT2D eigenvalue weighted by Gasteiger charge is -2.18. The molecule has 0 aliphatic carbocycles. The Bertz CT molecular complexity index is 669. The number of hydrogen-bond acceptors (Lipinski definition) is 5. The Labute approximate surface area is 127 Å². The molecule has 3 rings (SSSR count). The van der Waals surface area contributed by atoms with Crippen LogP contribution in [0.15, 0.2) is 24.4 Å². The summed E-state index contributed by atoms with van der Waals surface area (Å²) in [5, 5.41) is 9.61. The number of ether oxygens (including phenoxy) is 3. The first-order chi connectivity index (χ1) is 10.8. The molecular formula is C15H17N3O4. The highest BCUT2D eigenvalue weighted by molar-refractivity contribution is 5.99. The van der Waals surface area contributed by atoms with Gasteiger partial charge in [0.25, 0.3) is 5.91 Å². The van der Waals surface area contributed by atoms with Gasteiger partial charge in [0.15, 0.2) is 11.5 Å². The first-order valence-electron chi connectivity index (χ1n) is 7.00. The maximum Gasteiger partial charge on any atom is 0.255 e. The lowest BCUT2D eigenvalue weighted by molar-refractivity contribution is 0.0938. The van der Waals surface area contributed by atoms with Gasteiger partial charge in [-0.2, -0.15) is 5.10 Å². The maximum absolute atomic E-state index is 12.2. The van der Waals surface area contributed by atoms with Crippen molar-refractivity contribution in [3.05, 3.63) is 30.0 Å². The lowest BCUT2D eigenvalue weighted by Crippen LogP contribution is -2.27. The second-order valence-corrected chi connectivity index (χ2v) is 4.77. The molecule has 2 aromatic rings. The summed E-state index contributed by atoms with van der Waals surface area (Å²) in [5.41, 5.74) is 1.94. The first kappa shape index (κ1) is 14.4. The summed E-state index contributed by atoms with van der Waals surface area (Å²) in [5.74, 6) is 1.18. The Hall–Kier alpha value is -2.54. The summed E-state index contributed by atoms with van der Waals surface area (Å²) in [7, 11) is 1.59. The number of hydrogen-bond donors (Lipinski definition) is 2. The SMILES string of the molecule is COCCNC(=O)c1cn[nH]c1-c1ccc2c(c1)OCCO2. The van der Waals surface area contributed by atoms with E-state index in [2.05, 4.69) is 15.5 Å². The number of aromatic amines is 1. The van der Waals surface area contributed by atoms with Crippen LogP contribution in [0.25, 0.3) is 11.3 Å². The van der Waals surface area contributed by atoms with Crippen LogP contribution in [0.1, 0.15) is 10.4 Å². The summed E-state index contributed by atoms with van der Waals surface area (Å²) in [6.45, 7) is 1.97. The van der Waals surface area contributed by atoms with E-state index in [9.17, 15) is 4.79 Å². The number of nitrogens with zero attached hydrogens (tertiary/aromatic N) is 1. The molecule has 1 aliphatic rings. The molecule has 0 saturated heterocycles. The number of rotatable bonds is 5. The van der Waals surface area contributed by atoms with E-state index in [1.54, 1.807) is 7.11 Å². The molecule has 116 valence electrons. The van der Waals surface area contributed by atoms with Crippen LogP contribution in [0.2, 0.25) is 0 Å². The van der Waals surface area contributed by atoms with Crippen LogP contribution in [0.5, 0.6) is 11.5 Å². The van der Waals surface area contributed by atoms with Crippen molar-refractivity contribution in [1.82, 2.24) is 15.5 Å². The van der Waals surface area contributed by atoms with Gasteiger partial charge >= 0.3 is 0 Å². The molecule has 0 saturated carbocycles. The summed E-state index contributed by atoms with van der Waals surface area (Å²) in [6, 6.07) is 5.54. The number of methoxy groups -OCH3 is 1. The molecule has 1 aromatic heterocycles. The number of aromatic nitrogens is 2. The Kier molecular flexibility index (Phi) is 4.24.